The van der Waals surface area contributed by atoms with Gasteiger partial charge in [0.25, 0.3) is 0 Å². The molecule has 0 radical (unpaired) electrons. The summed E-state index contributed by atoms with van der Waals surface area (Å²) in [5.41, 5.74) is 2.27. The summed E-state index contributed by atoms with van der Waals surface area (Å²) in [6, 6.07) is 16.3. The largest absolute Gasteiger partial charge is 0.392 e. The van der Waals surface area contributed by atoms with E-state index < -0.39 is 0 Å². The lowest BCUT2D eigenvalue weighted by molar-refractivity contribution is 0.279. The highest BCUT2D eigenvalue weighted by atomic mass is 33.1. The molecule has 88 valence electrons. The molecule has 0 aliphatic rings. The lowest BCUT2D eigenvalue weighted by Crippen LogP contribution is -1.85. The van der Waals surface area contributed by atoms with Gasteiger partial charge in [-0.25, -0.2) is 0 Å². The summed E-state index contributed by atoms with van der Waals surface area (Å²) in [7, 11) is 3.43. The van der Waals surface area contributed by atoms with Crippen molar-refractivity contribution in [3.05, 3.63) is 59.7 Å². The zero-order valence-electron chi connectivity index (χ0n) is 9.59. The van der Waals surface area contributed by atoms with E-state index in [1.54, 1.807) is 21.6 Å². The monoisotopic (exact) mass is 262 g/mol. The molecule has 0 spiro atoms. The molecule has 0 aromatic heterocycles. The molecular formula is C14H14OS2. The topological polar surface area (TPSA) is 20.2 Å². The van der Waals surface area contributed by atoms with Crippen LogP contribution in [0.5, 0.6) is 0 Å². The van der Waals surface area contributed by atoms with Gasteiger partial charge in [-0.3, -0.25) is 0 Å². The highest BCUT2D eigenvalue weighted by Gasteiger charge is 2.04. The second-order valence-corrected chi connectivity index (χ2v) is 5.91. The zero-order valence-corrected chi connectivity index (χ0v) is 11.2. The molecule has 2 aromatic rings. The fourth-order valence-electron chi connectivity index (χ4n) is 1.46. The smallest absolute Gasteiger partial charge is 0.0693 e. The summed E-state index contributed by atoms with van der Waals surface area (Å²) in [5, 5.41) is 9.25. The van der Waals surface area contributed by atoms with Crippen molar-refractivity contribution in [1.29, 1.82) is 0 Å². The Bertz CT molecular complexity index is 497. The SMILES string of the molecule is Cc1ccccc1SSc1ccccc1CO. The second-order valence-electron chi connectivity index (χ2n) is 3.70. The first-order valence-electron chi connectivity index (χ1n) is 5.40. The summed E-state index contributed by atoms with van der Waals surface area (Å²) in [4.78, 5) is 2.40. The predicted octanol–water partition coefficient (Wildman–Crippen LogP) is 4.29. The highest BCUT2D eigenvalue weighted by Crippen LogP contribution is 2.40. The molecule has 2 rings (SSSR count). The van der Waals surface area contributed by atoms with Crippen LogP contribution in [0.1, 0.15) is 11.1 Å². The van der Waals surface area contributed by atoms with Crippen molar-refractivity contribution < 1.29 is 5.11 Å². The quantitative estimate of drug-likeness (QED) is 0.830. The number of aryl methyl sites for hydroxylation is 1. The second kappa shape index (κ2) is 6.15. The van der Waals surface area contributed by atoms with E-state index in [-0.39, 0.29) is 6.61 Å². The van der Waals surface area contributed by atoms with Crippen molar-refractivity contribution in [1.82, 2.24) is 0 Å². The van der Waals surface area contributed by atoms with Crippen LogP contribution in [-0.2, 0) is 6.61 Å². The van der Waals surface area contributed by atoms with E-state index in [1.807, 2.05) is 36.4 Å². The maximum absolute atomic E-state index is 9.25. The molecule has 1 nitrogen and oxygen atoms in total. The fraction of sp³-hybridized carbons (Fsp3) is 0.143. The minimum absolute atomic E-state index is 0.0947. The average molecular weight is 262 g/mol. The molecule has 0 atom stereocenters. The molecule has 0 heterocycles. The Morgan fingerprint density at radius 1 is 0.882 bits per heavy atom. The Labute approximate surface area is 110 Å². The van der Waals surface area contributed by atoms with Gasteiger partial charge in [-0.2, -0.15) is 0 Å². The van der Waals surface area contributed by atoms with Crippen LogP contribution >= 0.6 is 21.6 Å². The van der Waals surface area contributed by atoms with Gasteiger partial charge in [0, 0.05) is 9.79 Å². The third kappa shape index (κ3) is 3.28. The molecule has 0 bridgehead atoms. The van der Waals surface area contributed by atoms with E-state index in [0.717, 1.165) is 10.5 Å². The molecule has 0 aliphatic heterocycles. The van der Waals surface area contributed by atoms with Gasteiger partial charge >= 0.3 is 0 Å². The van der Waals surface area contributed by atoms with Crippen molar-refractivity contribution in [2.45, 2.75) is 23.3 Å². The van der Waals surface area contributed by atoms with Gasteiger partial charge in [-0.05, 0) is 30.2 Å². The van der Waals surface area contributed by atoms with Gasteiger partial charge in [-0.1, -0.05) is 58.0 Å². The van der Waals surface area contributed by atoms with Crippen molar-refractivity contribution in [2.75, 3.05) is 0 Å². The van der Waals surface area contributed by atoms with E-state index in [9.17, 15) is 5.11 Å². The summed E-state index contributed by atoms with van der Waals surface area (Å²) in [5.74, 6) is 0. The summed E-state index contributed by atoms with van der Waals surface area (Å²) in [6.07, 6.45) is 0. The van der Waals surface area contributed by atoms with Crippen LogP contribution in [0.3, 0.4) is 0 Å². The molecule has 2 aromatic carbocycles. The lowest BCUT2D eigenvalue weighted by atomic mass is 10.2. The number of hydrogen-bond donors (Lipinski definition) is 1. The predicted molar refractivity (Wildman–Crippen MR) is 75.3 cm³/mol. The molecule has 0 aliphatic carbocycles. The van der Waals surface area contributed by atoms with Gasteiger partial charge in [0.2, 0.25) is 0 Å². The molecule has 0 saturated carbocycles. The Balaban J connectivity index is 2.10. The van der Waals surface area contributed by atoms with Gasteiger partial charge in [0.05, 0.1) is 6.61 Å². The maximum Gasteiger partial charge on any atom is 0.0693 e. The standard InChI is InChI=1S/C14H14OS2/c1-11-6-2-4-8-13(11)16-17-14-9-5-3-7-12(14)10-15/h2-9,15H,10H2,1H3. The average Bonchev–Trinajstić information content (AvgIpc) is 2.38. The first kappa shape index (κ1) is 12.6. The molecule has 3 heteroatoms. The molecular weight excluding hydrogens is 248 g/mol. The summed E-state index contributed by atoms with van der Waals surface area (Å²) < 4.78 is 0. The van der Waals surface area contributed by atoms with Crippen molar-refractivity contribution >= 4 is 21.6 Å². The third-order valence-electron chi connectivity index (χ3n) is 2.46. The van der Waals surface area contributed by atoms with Crippen LogP contribution in [0.25, 0.3) is 0 Å². The van der Waals surface area contributed by atoms with Gasteiger partial charge < -0.3 is 5.11 Å². The Hall–Kier alpha value is -0.900. The molecule has 0 unspecified atom stereocenters. The van der Waals surface area contributed by atoms with Crippen LogP contribution in [0, 0.1) is 6.92 Å². The van der Waals surface area contributed by atoms with E-state index in [0.29, 0.717) is 0 Å². The van der Waals surface area contributed by atoms with Crippen LogP contribution in [0.4, 0.5) is 0 Å². The van der Waals surface area contributed by atoms with Crippen molar-refractivity contribution in [3.8, 4) is 0 Å². The van der Waals surface area contributed by atoms with Crippen molar-refractivity contribution in [2.24, 2.45) is 0 Å². The number of aliphatic hydroxyl groups excluding tert-OH is 1. The summed E-state index contributed by atoms with van der Waals surface area (Å²) in [6.45, 7) is 2.21. The zero-order chi connectivity index (χ0) is 12.1. The molecule has 17 heavy (non-hydrogen) atoms. The molecule has 0 amide bonds. The highest BCUT2D eigenvalue weighted by molar-refractivity contribution is 8.76. The maximum atomic E-state index is 9.25. The number of benzene rings is 2. The molecule has 0 saturated heterocycles. The third-order valence-corrected chi connectivity index (χ3v) is 5.08. The normalized spacial score (nSPS) is 10.5. The number of rotatable bonds is 4. The van der Waals surface area contributed by atoms with Crippen LogP contribution in [0.15, 0.2) is 58.3 Å². The first-order chi connectivity index (χ1) is 8.31. The minimum atomic E-state index is 0.0947. The van der Waals surface area contributed by atoms with Gasteiger partial charge in [0.15, 0.2) is 0 Å². The Morgan fingerprint density at radius 2 is 1.47 bits per heavy atom. The minimum Gasteiger partial charge on any atom is -0.392 e. The summed E-state index contributed by atoms with van der Waals surface area (Å²) >= 11 is 0. The Morgan fingerprint density at radius 3 is 2.18 bits per heavy atom. The van der Waals surface area contributed by atoms with Gasteiger partial charge in [-0.15, -0.1) is 0 Å². The van der Waals surface area contributed by atoms with Crippen LogP contribution < -0.4 is 0 Å². The number of hydrogen-bond acceptors (Lipinski definition) is 3. The first-order valence-corrected chi connectivity index (χ1v) is 7.55. The van der Waals surface area contributed by atoms with E-state index in [4.69, 9.17) is 0 Å². The van der Waals surface area contributed by atoms with E-state index in [1.165, 1.54) is 10.5 Å². The molecule has 0 fully saturated rings. The van der Waals surface area contributed by atoms with Crippen molar-refractivity contribution in [3.63, 3.8) is 0 Å². The fourth-order valence-corrected chi connectivity index (χ4v) is 3.93. The van der Waals surface area contributed by atoms with Crippen LogP contribution in [-0.4, -0.2) is 5.11 Å². The van der Waals surface area contributed by atoms with Gasteiger partial charge in [0.1, 0.15) is 0 Å². The number of aliphatic hydroxyl groups is 1. The van der Waals surface area contributed by atoms with E-state index in [2.05, 4.69) is 19.1 Å². The van der Waals surface area contributed by atoms with Crippen LogP contribution in [0.2, 0.25) is 0 Å². The molecule has 1 N–H and O–H groups in total. The lowest BCUT2D eigenvalue weighted by Gasteiger charge is -2.07. The van der Waals surface area contributed by atoms with E-state index >= 15 is 0 Å². The Kier molecular flexibility index (Phi) is 4.54.